The van der Waals surface area contributed by atoms with Crippen molar-refractivity contribution in [1.82, 2.24) is 0 Å². The van der Waals surface area contributed by atoms with Crippen LogP contribution in [0.1, 0.15) is 5.56 Å². The fourth-order valence-electron chi connectivity index (χ4n) is 1.31. The highest BCUT2D eigenvalue weighted by Gasteiger charge is 2.04. The van der Waals surface area contributed by atoms with Gasteiger partial charge in [0, 0.05) is 22.7 Å². The Hall–Kier alpha value is -1.61. The van der Waals surface area contributed by atoms with E-state index in [0.29, 0.717) is 16.3 Å². The molecule has 87 valence electrons. The fourth-order valence-corrected chi connectivity index (χ4v) is 1.47. The molecule has 0 aliphatic carbocycles. The number of ether oxygens (including phenoxy) is 1. The van der Waals surface area contributed by atoms with Crippen molar-refractivity contribution in [3.8, 4) is 5.75 Å². The summed E-state index contributed by atoms with van der Waals surface area (Å²) in [7, 11) is 0. The second-order valence-corrected chi connectivity index (χ2v) is 3.83. The van der Waals surface area contributed by atoms with Gasteiger partial charge in [-0.2, -0.15) is 0 Å². The van der Waals surface area contributed by atoms with Crippen LogP contribution in [0.5, 0.6) is 5.75 Å². The van der Waals surface area contributed by atoms with Crippen LogP contribution < -0.4 is 4.74 Å². The topological polar surface area (TPSA) is 9.23 Å². The Labute approximate surface area is 103 Å². The SMILES string of the molecule is Fc1[c]ccc(OCc2ccc(Cl)cc2F)c1. The molecule has 0 saturated heterocycles. The van der Waals surface area contributed by atoms with E-state index in [1.807, 2.05) is 0 Å². The highest BCUT2D eigenvalue weighted by atomic mass is 35.5. The van der Waals surface area contributed by atoms with E-state index in [0.717, 1.165) is 0 Å². The summed E-state index contributed by atoms with van der Waals surface area (Å²) in [5, 5.41) is 0.326. The quantitative estimate of drug-likeness (QED) is 0.803. The van der Waals surface area contributed by atoms with Gasteiger partial charge in [-0.15, -0.1) is 0 Å². The van der Waals surface area contributed by atoms with E-state index in [-0.39, 0.29) is 6.61 Å². The maximum atomic E-state index is 13.4. The number of hydrogen-bond donors (Lipinski definition) is 0. The van der Waals surface area contributed by atoms with Crippen molar-refractivity contribution in [3.05, 3.63) is 64.7 Å². The molecule has 0 aromatic heterocycles. The molecule has 0 bridgehead atoms. The molecule has 0 saturated carbocycles. The molecule has 0 unspecified atom stereocenters. The molecular formula is C13H8ClF2O. The lowest BCUT2D eigenvalue weighted by molar-refractivity contribution is 0.298. The molecule has 2 aromatic carbocycles. The average molecular weight is 254 g/mol. The number of hydrogen-bond acceptors (Lipinski definition) is 1. The second-order valence-electron chi connectivity index (χ2n) is 3.40. The zero-order chi connectivity index (χ0) is 12.3. The van der Waals surface area contributed by atoms with Crippen molar-refractivity contribution in [1.29, 1.82) is 0 Å². The maximum Gasteiger partial charge on any atom is 0.134 e. The van der Waals surface area contributed by atoms with Gasteiger partial charge in [0.25, 0.3) is 0 Å². The zero-order valence-electron chi connectivity index (χ0n) is 8.71. The molecule has 1 nitrogen and oxygen atoms in total. The van der Waals surface area contributed by atoms with Gasteiger partial charge in [0.05, 0.1) is 0 Å². The molecule has 0 spiro atoms. The number of benzene rings is 2. The summed E-state index contributed by atoms with van der Waals surface area (Å²) >= 11 is 5.62. The third kappa shape index (κ3) is 3.17. The van der Waals surface area contributed by atoms with Gasteiger partial charge in [-0.1, -0.05) is 17.7 Å². The maximum absolute atomic E-state index is 13.4. The van der Waals surface area contributed by atoms with Crippen molar-refractivity contribution in [2.75, 3.05) is 0 Å². The lowest BCUT2D eigenvalue weighted by Crippen LogP contribution is -1.98. The number of halogens is 3. The van der Waals surface area contributed by atoms with Gasteiger partial charge in [-0.3, -0.25) is 0 Å². The van der Waals surface area contributed by atoms with Crippen LogP contribution in [0.4, 0.5) is 8.78 Å². The van der Waals surface area contributed by atoms with Gasteiger partial charge in [0.15, 0.2) is 0 Å². The molecule has 0 N–H and O–H groups in total. The summed E-state index contributed by atoms with van der Waals surface area (Å²) < 4.78 is 31.4. The molecule has 0 aliphatic rings. The monoisotopic (exact) mass is 253 g/mol. The highest BCUT2D eigenvalue weighted by molar-refractivity contribution is 6.30. The van der Waals surface area contributed by atoms with Gasteiger partial charge in [-0.05, 0) is 24.3 Å². The van der Waals surface area contributed by atoms with Gasteiger partial charge in [-0.25, -0.2) is 8.78 Å². The van der Waals surface area contributed by atoms with Crippen LogP contribution >= 0.6 is 11.6 Å². The minimum Gasteiger partial charge on any atom is -0.489 e. The summed E-state index contributed by atoms with van der Waals surface area (Å²) in [5.74, 6) is -0.629. The van der Waals surface area contributed by atoms with E-state index in [1.54, 1.807) is 12.1 Å². The standard InChI is InChI=1S/C13H8ClF2O/c14-10-5-4-9(13(16)6-10)8-17-12-3-1-2-11(15)7-12/h1,3-7H,8H2. The fraction of sp³-hybridized carbons (Fsp3) is 0.0769. The minimum absolute atomic E-state index is 0.0203. The largest absolute Gasteiger partial charge is 0.489 e. The first kappa shape index (κ1) is 11.9. The molecule has 0 atom stereocenters. The molecule has 2 rings (SSSR count). The Morgan fingerprint density at radius 2 is 2.00 bits per heavy atom. The van der Waals surface area contributed by atoms with E-state index >= 15 is 0 Å². The predicted octanol–water partition coefficient (Wildman–Crippen LogP) is 4.00. The van der Waals surface area contributed by atoms with Crippen LogP contribution in [0.15, 0.2) is 36.4 Å². The van der Waals surface area contributed by atoms with Gasteiger partial charge >= 0.3 is 0 Å². The molecule has 2 aromatic rings. The molecular weight excluding hydrogens is 246 g/mol. The third-order valence-electron chi connectivity index (χ3n) is 2.15. The van der Waals surface area contributed by atoms with E-state index in [1.165, 1.54) is 24.3 Å². The van der Waals surface area contributed by atoms with Crippen molar-refractivity contribution >= 4 is 11.6 Å². The molecule has 17 heavy (non-hydrogen) atoms. The third-order valence-corrected chi connectivity index (χ3v) is 2.38. The van der Waals surface area contributed by atoms with Crippen LogP contribution in [-0.2, 0) is 6.61 Å². The first-order valence-electron chi connectivity index (χ1n) is 4.89. The lowest BCUT2D eigenvalue weighted by atomic mass is 10.2. The van der Waals surface area contributed by atoms with Crippen molar-refractivity contribution in [2.45, 2.75) is 6.61 Å². The van der Waals surface area contributed by atoms with Crippen LogP contribution in [0.25, 0.3) is 0 Å². The van der Waals surface area contributed by atoms with Crippen molar-refractivity contribution in [3.63, 3.8) is 0 Å². The van der Waals surface area contributed by atoms with Gasteiger partial charge < -0.3 is 4.74 Å². The minimum atomic E-state index is -0.515. The zero-order valence-corrected chi connectivity index (χ0v) is 9.47. The smallest absolute Gasteiger partial charge is 0.134 e. The molecule has 0 amide bonds. The van der Waals surface area contributed by atoms with E-state index < -0.39 is 11.6 Å². The summed E-state index contributed by atoms with van der Waals surface area (Å²) in [4.78, 5) is 0. The highest BCUT2D eigenvalue weighted by Crippen LogP contribution is 2.18. The first-order valence-corrected chi connectivity index (χ1v) is 5.27. The molecule has 0 fully saturated rings. The predicted molar refractivity (Wildman–Crippen MR) is 61.0 cm³/mol. The van der Waals surface area contributed by atoms with Gasteiger partial charge in [0.2, 0.25) is 0 Å². The van der Waals surface area contributed by atoms with Crippen molar-refractivity contribution < 1.29 is 13.5 Å². The molecule has 0 aliphatic heterocycles. The second kappa shape index (κ2) is 5.15. The first-order chi connectivity index (χ1) is 8.15. The molecule has 0 heterocycles. The van der Waals surface area contributed by atoms with Crippen LogP contribution in [-0.4, -0.2) is 0 Å². The Morgan fingerprint density at radius 1 is 1.18 bits per heavy atom. The summed E-state index contributed by atoms with van der Waals surface area (Å²) in [6.45, 7) is 0.0203. The normalized spacial score (nSPS) is 10.3. The van der Waals surface area contributed by atoms with Crippen LogP contribution in [0.2, 0.25) is 5.02 Å². The van der Waals surface area contributed by atoms with Gasteiger partial charge in [0.1, 0.15) is 24.0 Å². The van der Waals surface area contributed by atoms with Crippen molar-refractivity contribution in [2.24, 2.45) is 0 Å². The molecule has 1 radical (unpaired) electrons. The van der Waals surface area contributed by atoms with E-state index in [9.17, 15) is 8.78 Å². The lowest BCUT2D eigenvalue weighted by Gasteiger charge is -2.07. The van der Waals surface area contributed by atoms with E-state index in [4.69, 9.17) is 16.3 Å². The molecule has 4 heteroatoms. The van der Waals surface area contributed by atoms with Crippen LogP contribution in [0, 0.1) is 17.7 Å². The summed E-state index contributed by atoms with van der Waals surface area (Å²) in [6, 6.07) is 10.8. The van der Waals surface area contributed by atoms with Crippen LogP contribution in [0.3, 0.4) is 0 Å². The summed E-state index contributed by atoms with van der Waals surface area (Å²) in [5.41, 5.74) is 0.364. The van der Waals surface area contributed by atoms with E-state index in [2.05, 4.69) is 6.07 Å². The Bertz CT molecular complexity index is 529. The Morgan fingerprint density at radius 3 is 2.71 bits per heavy atom. The Kier molecular flexibility index (Phi) is 3.59. The summed E-state index contributed by atoms with van der Waals surface area (Å²) in [6.07, 6.45) is 0. The average Bonchev–Trinajstić information content (AvgIpc) is 2.28. The Balaban J connectivity index is 2.07. The number of rotatable bonds is 3.